The maximum atomic E-state index is 12.4. The molecule has 0 aromatic rings. The van der Waals surface area contributed by atoms with Crippen molar-refractivity contribution in [3.05, 3.63) is 0 Å². The molecule has 2 fully saturated rings. The molecule has 2 rings (SSSR count). The third kappa shape index (κ3) is 3.25. The predicted molar refractivity (Wildman–Crippen MR) is 76.5 cm³/mol. The average Bonchev–Trinajstić information content (AvgIpc) is 2.74. The number of nitrogens with one attached hydrogen (secondary N) is 1. The van der Waals surface area contributed by atoms with E-state index in [0.29, 0.717) is 18.9 Å². The van der Waals surface area contributed by atoms with Gasteiger partial charge >= 0.3 is 12.0 Å². The van der Waals surface area contributed by atoms with Gasteiger partial charge in [-0.1, -0.05) is 33.6 Å². The van der Waals surface area contributed by atoms with Crippen molar-refractivity contribution in [2.75, 3.05) is 6.54 Å². The van der Waals surface area contributed by atoms with Crippen LogP contribution >= 0.6 is 0 Å². The molecule has 20 heavy (non-hydrogen) atoms. The lowest BCUT2D eigenvalue weighted by atomic mass is 9.85. The van der Waals surface area contributed by atoms with Crippen molar-refractivity contribution in [1.29, 1.82) is 0 Å². The monoisotopic (exact) mass is 282 g/mol. The van der Waals surface area contributed by atoms with Gasteiger partial charge in [0, 0.05) is 12.6 Å². The fraction of sp³-hybridized carbons (Fsp3) is 0.867. The van der Waals surface area contributed by atoms with Gasteiger partial charge in [0.05, 0.1) is 0 Å². The molecule has 0 radical (unpaired) electrons. The number of rotatable bonds is 2. The molecule has 2 N–H and O–H groups in total. The Morgan fingerprint density at radius 2 is 1.90 bits per heavy atom. The first-order valence-electron chi connectivity index (χ1n) is 7.58. The highest BCUT2D eigenvalue weighted by Gasteiger charge is 2.47. The third-order valence-corrected chi connectivity index (χ3v) is 4.38. The molecule has 2 aliphatic rings. The molecule has 0 aromatic carbocycles. The average molecular weight is 282 g/mol. The van der Waals surface area contributed by atoms with Crippen LogP contribution in [-0.2, 0) is 4.79 Å². The molecule has 3 atom stereocenters. The van der Waals surface area contributed by atoms with Crippen molar-refractivity contribution in [2.24, 2.45) is 11.3 Å². The van der Waals surface area contributed by atoms with Crippen LogP contribution in [0.25, 0.3) is 0 Å². The zero-order chi connectivity index (χ0) is 14.9. The summed E-state index contributed by atoms with van der Waals surface area (Å²) >= 11 is 0. The summed E-state index contributed by atoms with van der Waals surface area (Å²) in [7, 11) is 0. The molecule has 0 bridgehead atoms. The fourth-order valence-corrected chi connectivity index (χ4v) is 3.40. The fourth-order valence-electron chi connectivity index (χ4n) is 3.40. The molecule has 3 unspecified atom stereocenters. The Kier molecular flexibility index (Phi) is 4.25. The van der Waals surface area contributed by atoms with Crippen LogP contribution in [0.5, 0.6) is 0 Å². The van der Waals surface area contributed by atoms with Crippen molar-refractivity contribution in [2.45, 2.75) is 65.0 Å². The largest absolute Gasteiger partial charge is 0.480 e. The summed E-state index contributed by atoms with van der Waals surface area (Å²) in [6.45, 7) is 6.71. The Hall–Kier alpha value is -1.26. The number of hydrogen-bond acceptors (Lipinski definition) is 2. The first kappa shape index (κ1) is 15.1. The van der Waals surface area contributed by atoms with E-state index < -0.39 is 12.0 Å². The van der Waals surface area contributed by atoms with Crippen LogP contribution in [0, 0.1) is 11.3 Å². The van der Waals surface area contributed by atoms with Crippen LogP contribution in [0.15, 0.2) is 0 Å². The summed E-state index contributed by atoms with van der Waals surface area (Å²) in [5, 5.41) is 12.3. The van der Waals surface area contributed by atoms with Crippen molar-refractivity contribution < 1.29 is 14.7 Å². The number of nitrogens with zero attached hydrogens (tertiary/aromatic N) is 1. The van der Waals surface area contributed by atoms with E-state index >= 15 is 0 Å². The Morgan fingerprint density at radius 1 is 1.25 bits per heavy atom. The van der Waals surface area contributed by atoms with Gasteiger partial charge in [-0.05, 0) is 30.6 Å². The molecule has 114 valence electrons. The minimum absolute atomic E-state index is 0.0000702. The lowest BCUT2D eigenvalue weighted by Crippen LogP contribution is -2.51. The molecule has 2 amide bonds. The minimum atomic E-state index is -0.870. The van der Waals surface area contributed by atoms with Crippen LogP contribution < -0.4 is 5.32 Å². The van der Waals surface area contributed by atoms with Gasteiger partial charge in [-0.25, -0.2) is 9.59 Å². The van der Waals surface area contributed by atoms with Crippen LogP contribution in [0.4, 0.5) is 4.79 Å². The van der Waals surface area contributed by atoms with E-state index in [1.165, 1.54) is 0 Å². The maximum absolute atomic E-state index is 12.4. The van der Waals surface area contributed by atoms with E-state index in [1.807, 2.05) is 0 Å². The predicted octanol–water partition coefficient (Wildman–Crippen LogP) is 2.46. The Balaban J connectivity index is 2.08. The summed E-state index contributed by atoms with van der Waals surface area (Å²) in [6, 6.07) is -0.741. The number of urea groups is 1. The first-order valence-corrected chi connectivity index (χ1v) is 7.58. The van der Waals surface area contributed by atoms with E-state index in [2.05, 4.69) is 26.1 Å². The molecule has 1 aliphatic carbocycles. The van der Waals surface area contributed by atoms with Crippen molar-refractivity contribution in [1.82, 2.24) is 10.2 Å². The number of fused-ring (bicyclic) bond motifs is 1. The minimum Gasteiger partial charge on any atom is -0.480 e. The molecule has 5 nitrogen and oxygen atoms in total. The molecule has 1 heterocycles. The SMILES string of the molecule is CC(C)(C)CNC(=O)N1C(C(=O)O)CC2CCCCC21. The van der Waals surface area contributed by atoms with Gasteiger partial charge in [-0.3, -0.25) is 0 Å². The third-order valence-electron chi connectivity index (χ3n) is 4.38. The summed E-state index contributed by atoms with van der Waals surface area (Å²) in [5.41, 5.74) is 0.0000702. The second kappa shape index (κ2) is 5.62. The molecular weight excluding hydrogens is 256 g/mol. The van der Waals surface area contributed by atoms with Gasteiger partial charge in [-0.15, -0.1) is 0 Å². The summed E-state index contributed by atoms with van der Waals surface area (Å²) in [4.78, 5) is 25.5. The molecule has 0 aromatic heterocycles. The molecule has 5 heteroatoms. The summed E-state index contributed by atoms with van der Waals surface area (Å²) in [5.74, 6) is -0.504. The van der Waals surface area contributed by atoms with Crippen molar-refractivity contribution >= 4 is 12.0 Å². The second-order valence-electron chi connectivity index (χ2n) is 7.33. The second-order valence-corrected chi connectivity index (χ2v) is 7.33. The van der Waals surface area contributed by atoms with Gasteiger partial charge in [-0.2, -0.15) is 0 Å². The molecule has 0 spiro atoms. The molecule has 1 saturated carbocycles. The quantitative estimate of drug-likeness (QED) is 0.817. The Morgan fingerprint density at radius 3 is 2.50 bits per heavy atom. The number of hydrogen-bond donors (Lipinski definition) is 2. The van der Waals surface area contributed by atoms with Crippen LogP contribution in [0.2, 0.25) is 0 Å². The smallest absolute Gasteiger partial charge is 0.326 e. The van der Waals surface area contributed by atoms with E-state index in [-0.39, 0.29) is 17.5 Å². The molecule has 1 aliphatic heterocycles. The zero-order valence-corrected chi connectivity index (χ0v) is 12.7. The number of carboxylic acids is 1. The number of amides is 2. The first-order chi connectivity index (χ1) is 9.29. The topological polar surface area (TPSA) is 69.6 Å². The number of carboxylic acid groups (broad SMARTS) is 1. The normalized spacial score (nSPS) is 29.9. The standard InChI is InChI=1S/C15H26N2O3/c1-15(2,3)9-16-14(20)17-11-7-5-4-6-10(11)8-12(17)13(18)19/h10-12H,4-9H2,1-3H3,(H,16,20)(H,18,19). The van der Waals surface area contributed by atoms with Crippen LogP contribution in [0.1, 0.15) is 52.9 Å². The maximum Gasteiger partial charge on any atom is 0.326 e. The zero-order valence-electron chi connectivity index (χ0n) is 12.7. The number of carbonyl (C=O) groups is 2. The van der Waals surface area contributed by atoms with Crippen LogP contribution in [0.3, 0.4) is 0 Å². The number of carbonyl (C=O) groups excluding carboxylic acids is 1. The van der Waals surface area contributed by atoms with Crippen molar-refractivity contribution in [3.63, 3.8) is 0 Å². The highest BCUT2D eigenvalue weighted by molar-refractivity contribution is 5.83. The van der Waals surface area contributed by atoms with Gasteiger partial charge in [0.2, 0.25) is 0 Å². The lowest BCUT2D eigenvalue weighted by molar-refractivity contribution is -0.141. The molecular formula is C15H26N2O3. The van der Waals surface area contributed by atoms with Gasteiger partial charge in [0.1, 0.15) is 6.04 Å². The van der Waals surface area contributed by atoms with E-state index in [4.69, 9.17) is 0 Å². The Bertz CT molecular complexity index is 389. The highest BCUT2D eigenvalue weighted by Crippen LogP contribution is 2.39. The van der Waals surface area contributed by atoms with Gasteiger partial charge in [0.15, 0.2) is 0 Å². The summed E-state index contributed by atoms with van der Waals surface area (Å²) in [6.07, 6.45) is 4.86. The van der Waals surface area contributed by atoms with E-state index in [0.717, 1.165) is 25.7 Å². The van der Waals surface area contributed by atoms with Gasteiger partial charge < -0.3 is 15.3 Å². The highest BCUT2D eigenvalue weighted by atomic mass is 16.4. The van der Waals surface area contributed by atoms with E-state index in [1.54, 1.807) is 4.90 Å². The number of aliphatic carboxylic acids is 1. The van der Waals surface area contributed by atoms with E-state index in [9.17, 15) is 14.7 Å². The van der Waals surface area contributed by atoms with Gasteiger partial charge in [0.25, 0.3) is 0 Å². The molecule has 1 saturated heterocycles. The van der Waals surface area contributed by atoms with Crippen molar-refractivity contribution in [3.8, 4) is 0 Å². The van der Waals surface area contributed by atoms with Crippen LogP contribution in [-0.4, -0.2) is 40.6 Å². The number of likely N-dealkylation sites (tertiary alicyclic amines) is 1. The summed E-state index contributed by atoms with van der Waals surface area (Å²) < 4.78 is 0. The Labute approximate surface area is 120 Å². The lowest BCUT2D eigenvalue weighted by Gasteiger charge is -2.33.